The van der Waals surface area contributed by atoms with Gasteiger partial charge in [0, 0.05) is 48.7 Å². The summed E-state index contributed by atoms with van der Waals surface area (Å²) in [5.74, 6) is 0.836. The molecule has 0 aliphatic carbocycles. The summed E-state index contributed by atoms with van der Waals surface area (Å²) in [6.07, 6.45) is 2.56. The van der Waals surface area contributed by atoms with E-state index >= 15 is 0 Å². The molecule has 3 unspecified atom stereocenters. The number of hydrogen-bond acceptors (Lipinski definition) is 6. The van der Waals surface area contributed by atoms with Crippen LogP contribution in [0.25, 0.3) is 11.1 Å². The molecule has 10 heteroatoms. The summed E-state index contributed by atoms with van der Waals surface area (Å²) in [5.41, 5.74) is 5.32. The molecule has 248 valence electrons. The second-order valence-corrected chi connectivity index (χ2v) is 11.9. The monoisotopic (exact) mass is 650 g/mol. The SMILES string of the molecule is CCc1cccc(-c2c(Cl)cccc2C(OCCNC(=O)OC)C2CCCN(C(=O)NCC(Cc3ccc(OC)cc3)NC)C2)c1. The third kappa shape index (κ3) is 9.61. The standard InChI is InChI=1S/C36H47ClN4O5/c1-5-25-9-6-10-27(21-25)33-31(12-7-13-32(33)37)34(46-20-18-39-36(43)45-4)28-11-8-19-41(24-28)35(42)40-23-29(38-2)22-26-14-16-30(44-3)17-15-26/h6-7,9-10,12-17,21,28-29,34,38H,5,8,11,18-20,22-24H2,1-4H3,(H,39,43)(H,40,42). The van der Waals surface area contributed by atoms with Crippen LogP contribution < -0.4 is 20.7 Å². The Balaban J connectivity index is 1.50. The van der Waals surface area contributed by atoms with Crippen LogP contribution in [0.4, 0.5) is 9.59 Å². The normalized spacial score (nSPS) is 15.9. The molecule has 3 aromatic carbocycles. The van der Waals surface area contributed by atoms with Crippen LogP contribution in [0.5, 0.6) is 5.75 Å². The Labute approximate surface area is 277 Å². The van der Waals surface area contributed by atoms with Crippen LogP contribution in [0.15, 0.2) is 66.7 Å². The molecular formula is C36H47ClN4O5. The number of likely N-dealkylation sites (N-methyl/N-ethyl adjacent to an activating group) is 1. The van der Waals surface area contributed by atoms with Crippen molar-refractivity contribution in [2.75, 3.05) is 54.1 Å². The van der Waals surface area contributed by atoms with Gasteiger partial charge >= 0.3 is 12.1 Å². The number of amides is 3. The second kappa shape index (κ2) is 17.8. The minimum atomic E-state index is -0.507. The van der Waals surface area contributed by atoms with E-state index in [4.69, 9.17) is 25.8 Å². The number of nitrogens with one attached hydrogen (secondary N) is 3. The van der Waals surface area contributed by atoms with Crippen LogP contribution in [-0.2, 0) is 22.3 Å². The highest BCUT2D eigenvalue weighted by atomic mass is 35.5. The summed E-state index contributed by atoms with van der Waals surface area (Å²) >= 11 is 6.89. The molecule has 4 rings (SSSR count). The zero-order valence-corrected chi connectivity index (χ0v) is 28.1. The molecule has 9 nitrogen and oxygen atoms in total. The topological polar surface area (TPSA) is 101 Å². The Morgan fingerprint density at radius 1 is 1.02 bits per heavy atom. The van der Waals surface area contributed by atoms with Gasteiger partial charge in [0.2, 0.25) is 0 Å². The lowest BCUT2D eigenvalue weighted by atomic mass is 9.84. The second-order valence-electron chi connectivity index (χ2n) is 11.5. The number of hydrogen-bond donors (Lipinski definition) is 3. The van der Waals surface area contributed by atoms with Crippen LogP contribution >= 0.6 is 11.6 Å². The van der Waals surface area contributed by atoms with E-state index in [1.165, 1.54) is 12.7 Å². The van der Waals surface area contributed by atoms with Crippen LogP contribution in [0.3, 0.4) is 0 Å². The average Bonchev–Trinajstić information content (AvgIpc) is 3.10. The summed E-state index contributed by atoms with van der Waals surface area (Å²) in [7, 11) is 4.90. The highest BCUT2D eigenvalue weighted by molar-refractivity contribution is 6.33. The first-order chi connectivity index (χ1) is 22.4. The molecule has 0 saturated carbocycles. The number of methoxy groups -OCH3 is 2. The number of benzene rings is 3. The number of rotatable bonds is 14. The molecular weight excluding hydrogens is 604 g/mol. The van der Waals surface area contributed by atoms with Gasteiger partial charge in [-0.3, -0.25) is 0 Å². The molecule has 0 aromatic heterocycles. The van der Waals surface area contributed by atoms with Crippen molar-refractivity contribution >= 4 is 23.7 Å². The first-order valence-corrected chi connectivity index (χ1v) is 16.4. The number of halogens is 1. The third-order valence-corrected chi connectivity index (χ3v) is 8.87. The summed E-state index contributed by atoms with van der Waals surface area (Å²) in [4.78, 5) is 27.1. The first kappa shape index (κ1) is 35.1. The smallest absolute Gasteiger partial charge is 0.406 e. The van der Waals surface area contributed by atoms with Gasteiger partial charge in [0.1, 0.15) is 5.75 Å². The fourth-order valence-electron chi connectivity index (χ4n) is 6.01. The predicted molar refractivity (Wildman–Crippen MR) is 183 cm³/mol. The summed E-state index contributed by atoms with van der Waals surface area (Å²) in [5, 5.41) is 9.82. The van der Waals surface area contributed by atoms with E-state index in [9.17, 15) is 9.59 Å². The van der Waals surface area contributed by atoms with Crippen molar-refractivity contribution in [3.8, 4) is 16.9 Å². The van der Waals surface area contributed by atoms with E-state index < -0.39 is 6.09 Å². The van der Waals surface area contributed by atoms with Crippen LogP contribution in [0, 0.1) is 5.92 Å². The van der Waals surface area contributed by atoms with Crippen molar-refractivity contribution in [2.45, 2.75) is 44.8 Å². The zero-order chi connectivity index (χ0) is 32.9. The van der Waals surface area contributed by atoms with Gasteiger partial charge in [0.15, 0.2) is 0 Å². The molecule has 3 N–H and O–H groups in total. The molecule has 1 saturated heterocycles. The predicted octanol–water partition coefficient (Wildman–Crippen LogP) is 6.24. The van der Waals surface area contributed by atoms with E-state index in [0.717, 1.165) is 53.7 Å². The number of carbonyl (C=O) groups is 2. The maximum Gasteiger partial charge on any atom is 0.406 e. The number of ether oxygens (including phenoxy) is 3. The van der Waals surface area contributed by atoms with E-state index in [2.05, 4.69) is 53.2 Å². The van der Waals surface area contributed by atoms with Gasteiger partial charge in [-0.05, 0) is 73.2 Å². The number of urea groups is 1. The van der Waals surface area contributed by atoms with Gasteiger partial charge in [-0.25, -0.2) is 9.59 Å². The largest absolute Gasteiger partial charge is 0.497 e. The molecule has 46 heavy (non-hydrogen) atoms. The molecule has 0 bridgehead atoms. The minimum absolute atomic E-state index is 0.0172. The van der Waals surface area contributed by atoms with Gasteiger partial charge in [0.25, 0.3) is 0 Å². The highest BCUT2D eigenvalue weighted by Crippen LogP contribution is 2.41. The maximum absolute atomic E-state index is 13.5. The number of piperidine rings is 1. The minimum Gasteiger partial charge on any atom is -0.497 e. The fraction of sp³-hybridized carbons (Fsp3) is 0.444. The van der Waals surface area contributed by atoms with E-state index in [1.807, 2.05) is 48.3 Å². The number of alkyl carbamates (subject to hydrolysis) is 1. The Hall–Kier alpha value is -3.79. The van der Waals surface area contributed by atoms with Gasteiger partial charge in [0.05, 0.1) is 26.9 Å². The molecule has 0 radical (unpaired) electrons. The van der Waals surface area contributed by atoms with Gasteiger partial charge < -0.3 is 35.1 Å². The molecule has 3 atom stereocenters. The molecule has 1 aliphatic rings. The molecule has 3 aromatic rings. The Kier molecular flexibility index (Phi) is 13.6. The number of likely N-dealkylation sites (tertiary alicyclic amines) is 1. The van der Waals surface area contributed by atoms with Crippen molar-refractivity contribution in [1.29, 1.82) is 0 Å². The fourth-order valence-corrected chi connectivity index (χ4v) is 6.30. The highest BCUT2D eigenvalue weighted by Gasteiger charge is 2.33. The van der Waals surface area contributed by atoms with Crippen LogP contribution in [-0.4, -0.2) is 77.1 Å². The Morgan fingerprint density at radius 2 is 1.80 bits per heavy atom. The van der Waals surface area contributed by atoms with Crippen LogP contribution in [0.1, 0.15) is 42.6 Å². The zero-order valence-electron chi connectivity index (χ0n) is 27.3. The summed E-state index contributed by atoms with van der Waals surface area (Å²) in [6.45, 7) is 4.40. The van der Waals surface area contributed by atoms with Gasteiger partial charge in [-0.1, -0.05) is 67.1 Å². The lowest BCUT2D eigenvalue weighted by molar-refractivity contribution is -0.00816. The Bertz CT molecular complexity index is 1420. The molecule has 3 amide bonds. The van der Waals surface area contributed by atoms with Gasteiger partial charge in [-0.15, -0.1) is 0 Å². The summed E-state index contributed by atoms with van der Waals surface area (Å²) < 4.78 is 16.5. The number of nitrogens with zero attached hydrogens (tertiary/aromatic N) is 1. The maximum atomic E-state index is 13.5. The van der Waals surface area contributed by atoms with Crippen molar-refractivity contribution < 1.29 is 23.8 Å². The quantitative estimate of drug-likeness (QED) is 0.179. The first-order valence-electron chi connectivity index (χ1n) is 16.0. The molecule has 1 fully saturated rings. The molecule has 0 spiro atoms. The van der Waals surface area contributed by atoms with E-state index in [0.29, 0.717) is 31.2 Å². The molecule has 1 heterocycles. The van der Waals surface area contributed by atoms with Crippen molar-refractivity contribution in [2.24, 2.45) is 5.92 Å². The average molecular weight is 651 g/mol. The van der Waals surface area contributed by atoms with Crippen molar-refractivity contribution in [3.63, 3.8) is 0 Å². The van der Waals surface area contributed by atoms with Gasteiger partial charge in [-0.2, -0.15) is 0 Å². The lowest BCUT2D eigenvalue weighted by Gasteiger charge is -2.38. The van der Waals surface area contributed by atoms with Crippen molar-refractivity contribution in [1.82, 2.24) is 20.9 Å². The van der Waals surface area contributed by atoms with Crippen molar-refractivity contribution in [3.05, 3.63) is 88.4 Å². The summed E-state index contributed by atoms with van der Waals surface area (Å²) in [6, 6.07) is 22.3. The lowest BCUT2D eigenvalue weighted by Crippen LogP contribution is -2.50. The number of carbonyl (C=O) groups excluding carboxylic acids is 2. The third-order valence-electron chi connectivity index (χ3n) is 8.55. The van der Waals surface area contributed by atoms with Crippen LogP contribution in [0.2, 0.25) is 5.02 Å². The Morgan fingerprint density at radius 3 is 2.52 bits per heavy atom. The number of aryl methyl sites for hydroxylation is 1. The molecule has 1 aliphatic heterocycles. The van der Waals surface area contributed by atoms with E-state index in [-0.39, 0.29) is 30.7 Å². The van der Waals surface area contributed by atoms with E-state index in [1.54, 1.807) is 7.11 Å².